The molecule has 2 aliphatic rings. The van der Waals surface area contributed by atoms with Crippen molar-refractivity contribution in [2.24, 2.45) is 5.41 Å². The smallest absolute Gasteiger partial charge is 0.137 e. The molecule has 2 fully saturated rings. The Morgan fingerprint density at radius 3 is 2.35 bits per heavy atom. The maximum atomic E-state index is 13.6. The van der Waals surface area contributed by atoms with Gasteiger partial charge in [0.05, 0.1) is 10.1 Å². The highest BCUT2D eigenvalue weighted by Crippen LogP contribution is 2.51. The summed E-state index contributed by atoms with van der Waals surface area (Å²) in [7, 11) is 0. The van der Waals surface area contributed by atoms with Crippen molar-refractivity contribution in [3.63, 3.8) is 0 Å². The molecule has 110 valence electrons. The lowest BCUT2D eigenvalue weighted by Gasteiger charge is -2.42. The van der Waals surface area contributed by atoms with Crippen LogP contribution in [0.2, 0.25) is 0 Å². The molecule has 0 amide bonds. The highest BCUT2D eigenvalue weighted by atomic mass is 79.9. The van der Waals surface area contributed by atoms with E-state index in [1.54, 1.807) is 6.07 Å². The number of hydrogen-bond acceptors (Lipinski definition) is 1. The summed E-state index contributed by atoms with van der Waals surface area (Å²) in [6.45, 7) is 0. The average molecular weight is 341 g/mol. The Hall–Kier alpha value is -0.410. The predicted molar refractivity (Wildman–Crippen MR) is 82.1 cm³/mol. The molecule has 1 nitrogen and oxygen atoms in total. The third-order valence-corrected chi connectivity index (χ3v) is 6.34. The molecule has 1 spiro atoms. The van der Waals surface area contributed by atoms with Crippen molar-refractivity contribution < 1.29 is 9.50 Å². The minimum Gasteiger partial charge on any atom is -0.390 e. The van der Waals surface area contributed by atoms with Gasteiger partial charge in [0.25, 0.3) is 0 Å². The molecule has 1 aromatic rings. The molecule has 20 heavy (non-hydrogen) atoms. The van der Waals surface area contributed by atoms with E-state index in [1.165, 1.54) is 31.7 Å². The van der Waals surface area contributed by atoms with Crippen LogP contribution in [0.4, 0.5) is 4.39 Å². The van der Waals surface area contributed by atoms with Gasteiger partial charge in [-0.2, -0.15) is 0 Å². The average Bonchev–Trinajstić information content (AvgIpc) is 2.88. The molecule has 0 unspecified atom stereocenters. The van der Waals surface area contributed by atoms with Gasteiger partial charge in [0, 0.05) is 6.42 Å². The molecule has 2 aliphatic carbocycles. The van der Waals surface area contributed by atoms with Crippen molar-refractivity contribution in [2.75, 3.05) is 0 Å². The van der Waals surface area contributed by atoms with Gasteiger partial charge in [0.2, 0.25) is 0 Å². The summed E-state index contributed by atoms with van der Waals surface area (Å²) in [5.74, 6) is -0.242. The molecule has 1 aromatic carbocycles. The van der Waals surface area contributed by atoms with Crippen LogP contribution in [0.5, 0.6) is 0 Å². The lowest BCUT2D eigenvalue weighted by molar-refractivity contribution is -0.0323. The van der Waals surface area contributed by atoms with Gasteiger partial charge in [-0.25, -0.2) is 4.39 Å². The minimum absolute atomic E-state index is 0.242. The van der Waals surface area contributed by atoms with E-state index in [9.17, 15) is 9.50 Å². The fourth-order valence-corrected chi connectivity index (χ4v) is 4.49. The van der Waals surface area contributed by atoms with E-state index < -0.39 is 5.60 Å². The van der Waals surface area contributed by atoms with Gasteiger partial charge in [-0.05, 0) is 71.5 Å². The van der Waals surface area contributed by atoms with Crippen LogP contribution in [-0.2, 0) is 6.42 Å². The fourth-order valence-electron chi connectivity index (χ4n) is 4.09. The Labute approximate surface area is 128 Å². The Morgan fingerprint density at radius 2 is 1.70 bits per heavy atom. The molecule has 2 saturated carbocycles. The van der Waals surface area contributed by atoms with Gasteiger partial charge in [-0.1, -0.05) is 25.0 Å². The molecule has 3 heteroatoms. The van der Waals surface area contributed by atoms with E-state index in [1.807, 2.05) is 6.07 Å². The van der Waals surface area contributed by atoms with Crippen LogP contribution in [0, 0.1) is 11.2 Å². The zero-order valence-corrected chi connectivity index (χ0v) is 13.4. The SMILES string of the molecule is OC1(Cc2cccc(F)c2Br)CCC2(CCCC2)CC1. The maximum absolute atomic E-state index is 13.6. The molecule has 0 aliphatic heterocycles. The van der Waals surface area contributed by atoms with E-state index in [2.05, 4.69) is 15.9 Å². The third kappa shape index (κ3) is 2.80. The first-order valence-electron chi connectivity index (χ1n) is 7.67. The molecule has 0 radical (unpaired) electrons. The molecule has 3 rings (SSSR count). The molecular formula is C17H22BrFO. The van der Waals surface area contributed by atoms with E-state index in [-0.39, 0.29) is 5.82 Å². The number of benzene rings is 1. The number of halogens is 2. The molecule has 0 bridgehead atoms. The highest BCUT2D eigenvalue weighted by Gasteiger charge is 2.43. The molecular weight excluding hydrogens is 319 g/mol. The quantitative estimate of drug-likeness (QED) is 0.803. The summed E-state index contributed by atoms with van der Waals surface area (Å²) in [5, 5.41) is 10.8. The van der Waals surface area contributed by atoms with E-state index >= 15 is 0 Å². The summed E-state index contributed by atoms with van der Waals surface area (Å²) >= 11 is 3.30. The van der Waals surface area contributed by atoms with Crippen LogP contribution < -0.4 is 0 Å². The Kier molecular flexibility index (Phi) is 3.93. The zero-order valence-electron chi connectivity index (χ0n) is 11.8. The summed E-state index contributed by atoms with van der Waals surface area (Å²) in [5.41, 5.74) is 0.755. The first-order valence-corrected chi connectivity index (χ1v) is 8.47. The van der Waals surface area contributed by atoms with E-state index in [0.717, 1.165) is 31.2 Å². The Bertz CT molecular complexity index is 484. The van der Waals surface area contributed by atoms with Crippen LogP contribution in [-0.4, -0.2) is 10.7 Å². The van der Waals surface area contributed by atoms with Crippen molar-refractivity contribution in [1.29, 1.82) is 0 Å². The molecule has 0 aromatic heterocycles. The summed E-state index contributed by atoms with van der Waals surface area (Å²) < 4.78 is 14.1. The van der Waals surface area contributed by atoms with Crippen LogP contribution in [0.25, 0.3) is 0 Å². The van der Waals surface area contributed by atoms with Gasteiger partial charge in [0.15, 0.2) is 0 Å². The number of aliphatic hydroxyl groups is 1. The third-order valence-electron chi connectivity index (χ3n) is 5.46. The molecule has 0 heterocycles. The molecule has 1 N–H and O–H groups in total. The van der Waals surface area contributed by atoms with Gasteiger partial charge >= 0.3 is 0 Å². The second-order valence-corrected chi connectivity index (χ2v) is 7.61. The lowest BCUT2D eigenvalue weighted by atomic mass is 9.66. The molecule has 0 atom stereocenters. The van der Waals surface area contributed by atoms with Crippen LogP contribution >= 0.6 is 15.9 Å². The fraction of sp³-hybridized carbons (Fsp3) is 0.647. The number of rotatable bonds is 2. The van der Waals surface area contributed by atoms with Crippen molar-refractivity contribution in [3.8, 4) is 0 Å². The summed E-state index contributed by atoms with van der Waals surface area (Å²) in [4.78, 5) is 0. The van der Waals surface area contributed by atoms with Crippen molar-refractivity contribution in [3.05, 3.63) is 34.1 Å². The normalized spacial score (nSPS) is 24.1. The standard InChI is InChI=1S/C17H22BrFO/c18-15-13(4-3-5-14(15)19)12-17(20)10-8-16(9-11-17)6-1-2-7-16/h3-5,20H,1-2,6-12H2. The predicted octanol–water partition coefficient (Wildman–Crippen LogP) is 5.00. The zero-order chi connectivity index (χ0) is 14.2. The van der Waals surface area contributed by atoms with Gasteiger partial charge < -0.3 is 5.11 Å². The van der Waals surface area contributed by atoms with Gasteiger partial charge in [-0.3, -0.25) is 0 Å². The van der Waals surface area contributed by atoms with Gasteiger partial charge in [-0.15, -0.1) is 0 Å². The monoisotopic (exact) mass is 340 g/mol. The van der Waals surface area contributed by atoms with Crippen molar-refractivity contribution >= 4 is 15.9 Å². The largest absolute Gasteiger partial charge is 0.390 e. The summed E-state index contributed by atoms with van der Waals surface area (Å²) in [6, 6.07) is 5.08. The summed E-state index contributed by atoms with van der Waals surface area (Å²) in [6.07, 6.45) is 9.93. The first kappa shape index (κ1) is 14.5. The highest BCUT2D eigenvalue weighted by molar-refractivity contribution is 9.10. The maximum Gasteiger partial charge on any atom is 0.137 e. The van der Waals surface area contributed by atoms with Gasteiger partial charge in [0.1, 0.15) is 5.82 Å². The minimum atomic E-state index is -0.649. The Morgan fingerprint density at radius 1 is 1.05 bits per heavy atom. The van der Waals surface area contributed by atoms with E-state index in [4.69, 9.17) is 0 Å². The lowest BCUT2D eigenvalue weighted by Crippen LogP contribution is -2.39. The van der Waals surface area contributed by atoms with Crippen molar-refractivity contribution in [2.45, 2.75) is 63.4 Å². The molecule has 0 saturated heterocycles. The second kappa shape index (κ2) is 5.42. The topological polar surface area (TPSA) is 20.2 Å². The van der Waals surface area contributed by atoms with Crippen LogP contribution in [0.15, 0.2) is 22.7 Å². The first-order chi connectivity index (χ1) is 9.52. The Balaban J connectivity index is 1.70. The second-order valence-electron chi connectivity index (χ2n) is 6.82. The van der Waals surface area contributed by atoms with Crippen LogP contribution in [0.3, 0.4) is 0 Å². The van der Waals surface area contributed by atoms with Crippen LogP contribution in [0.1, 0.15) is 56.9 Å². The van der Waals surface area contributed by atoms with E-state index in [0.29, 0.717) is 16.3 Å². The number of hydrogen-bond donors (Lipinski definition) is 1. The van der Waals surface area contributed by atoms with Crippen molar-refractivity contribution in [1.82, 2.24) is 0 Å².